The average Bonchev–Trinajstić information content (AvgIpc) is 2.14. The normalized spacial score (nSPS) is 12.6. The van der Waals surface area contributed by atoms with Crippen LogP contribution in [-0.4, -0.2) is 49.6 Å². The van der Waals surface area contributed by atoms with Crippen LogP contribution in [0.15, 0.2) is 0 Å². The third-order valence-electron chi connectivity index (χ3n) is 2.33. The second kappa shape index (κ2) is 7.70. The lowest BCUT2D eigenvalue weighted by Gasteiger charge is -2.25. The van der Waals surface area contributed by atoms with Crippen molar-refractivity contribution in [1.29, 1.82) is 5.41 Å². The highest BCUT2D eigenvalue weighted by Crippen LogP contribution is 2.09. The van der Waals surface area contributed by atoms with Gasteiger partial charge in [0.25, 0.3) is 0 Å². The molecule has 18 heavy (non-hydrogen) atoms. The van der Waals surface area contributed by atoms with Crippen LogP contribution in [0, 0.1) is 5.41 Å². The van der Waals surface area contributed by atoms with Crippen molar-refractivity contribution >= 4 is 15.9 Å². The van der Waals surface area contributed by atoms with E-state index in [9.17, 15) is 8.42 Å². The van der Waals surface area contributed by atoms with Crippen LogP contribution in [0.4, 0.5) is 0 Å². The first-order valence-electron chi connectivity index (χ1n) is 6.11. The zero-order valence-electron chi connectivity index (χ0n) is 11.6. The van der Waals surface area contributed by atoms with Crippen molar-refractivity contribution in [3.05, 3.63) is 0 Å². The van der Waals surface area contributed by atoms with Gasteiger partial charge in [-0.25, -0.2) is 8.42 Å². The first-order chi connectivity index (χ1) is 8.16. The minimum Gasteiger partial charge on any atom is -0.388 e. The number of sulfonamides is 1. The van der Waals surface area contributed by atoms with Crippen LogP contribution in [0.5, 0.6) is 0 Å². The molecule has 0 saturated carbocycles. The first-order valence-corrected chi connectivity index (χ1v) is 7.71. The van der Waals surface area contributed by atoms with Crippen LogP contribution in [0.2, 0.25) is 0 Å². The fraction of sp³-hybridized carbons (Fsp3) is 0.909. The lowest BCUT2D eigenvalue weighted by atomic mass is 10.3. The van der Waals surface area contributed by atoms with E-state index in [1.807, 2.05) is 13.8 Å². The largest absolute Gasteiger partial charge is 0.388 e. The highest BCUT2D eigenvalue weighted by Gasteiger charge is 2.24. The van der Waals surface area contributed by atoms with Crippen LogP contribution in [-0.2, 0) is 14.8 Å². The number of rotatable bonds is 9. The van der Waals surface area contributed by atoms with Crippen molar-refractivity contribution in [2.75, 3.05) is 18.9 Å². The van der Waals surface area contributed by atoms with Gasteiger partial charge in [0.1, 0.15) is 0 Å². The number of nitrogens with two attached hydrogens (primary N) is 1. The molecule has 0 saturated heterocycles. The van der Waals surface area contributed by atoms with E-state index in [0.29, 0.717) is 0 Å². The van der Waals surface area contributed by atoms with Crippen molar-refractivity contribution in [3.8, 4) is 0 Å². The molecule has 6 nitrogen and oxygen atoms in total. The van der Waals surface area contributed by atoms with Crippen LogP contribution >= 0.6 is 0 Å². The van der Waals surface area contributed by atoms with Crippen LogP contribution in [0.1, 0.15) is 34.1 Å². The molecule has 108 valence electrons. The molecule has 0 heterocycles. The maximum atomic E-state index is 12.1. The second-order valence-electron chi connectivity index (χ2n) is 4.72. The summed E-state index contributed by atoms with van der Waals surface area (Å²) < 4.78 is 30.8. The van der Waals surface area contributed by atoms with Gasteiger partial charge in [-0.15, -0.1) is 0 Å². The quantitative estimate of drug-likeness (QED) is 0.481. The Morgan fingerprint density at radius 1 is 1.33 bits per heavy atom. The Bertz CT molecular complexity index is 353. The Morgan fingerprint density at radius 2 is 1.89 bits per heavy atom. The van der Waals surface area contributed by atoms with Gasteiger partial charge in [0.05, 0.1) is 24.3 Å². The number of ether oxygens (including phenoxy) is 1. The maximum Gasteiger partial charge on any atom is 0.216 e. The predicted molar refractivity (Wildman–Crippen MR) is 73.2 cm³/mol. The molecule has 3 N–H and O–H groups in total. The summed E-state index contributed by atoms with van der Waals surface area (Å²) in [5.74, 6) is -0.0457. The first kappa shape index (κ1) is 17.3. The summed E-state index contributed by atoms with van der Waals surface area (Å²) in [7, 11) is -3.36. The summed E-state index contributed by atoms with van der Waals surface area (Å²) in [6, 6.07) is -0.145. The summed E-state index contributed by atoms with van der Waals surface area (Å²) >= 11 is 0. The molecule has 0 bridgehead atoms. The van der Waals surface area contributed by atoms with Gasteiger partial charge >= 0.3 is 0 Å². The Labute approximate surface area is 110 Å². The number of amidine groups is 1. The van der Waals surface area contributed by atoms with Crippen LogP contribution in [0.25, 0.3) is 0 Å². The molecule has 0 atom stereocenters. The topological polar surface area (TPSA) is 96.5 Å². The Hall–Kier alpha value is -0.660. The number of hydrogen-bond donors (Lipinski definition) is 2. The molecule has 0 radical (unpaired) electrons. The van der Waals surface area contributed by atoms with Gasteiger partial charge < -0.3 is 10.5 Å². The zero-order valence-corrected chi connectivity index (χ0v) is 12.5. The van der Waals surface area contributed by atoms with E-state index < -0.39 is 10.0 Å². The molecule has 0 aliphatic heterocycles. The standard InChI is InChI=1S/C11H25N3O3S/c1-9(2)14(6-5-11(12)13)18(15,16)8-7-17-10(3)4/h9-10H,5-8H2,1-4H3,(H3,12,13). The number of hydrogen-bond acceptors (Lipinski definition) is 4. The third-order valence-corrected chi connectivity index (χ3v) is 4.33. The molecule has 0 aliphatic carbocycles. The van der Waals surface area contributed by atoms with Gasteiger partial charge in [-0.05, 0) is 27.7 Å². The SMILES string of the molecule is CC(C)OCCS(=O)(=O)N(CCC(=N)N)C(C)C. The highest BCUT2D eigenvalue weighted by molar-refractivity contribution is 7.89. The Morgan fingerprint density at radius 3 is 2.28 bits per heavy atom. The molecular weight excluding hydrogens is 254 g/mol. The fourth-order valence-corrected chi connectivity index (χ4v) is 3.01. The molecule has 0 fully saturated rings. The van der Waals surface area contributed by atoms with Gasteiger partial charge in [-0.2, -0.15) is 4.31 Å². The molecular formula is C11H25N3O3S. The summed E-state index contributed by atoms with van der Waals surface area (Å²) in [5.41, 5.74) is 5.26. The molecule has 0 aliphatic rings. The van der Waals surface area contributed by atoms with Gasteiger partial charge in [-0.3, -0.25) is 5.41 Å². The van der Waals surface area contributed by atoms with E-state index in [1.165, 1.54) is 4.31 Å². The minimum absolute atomic E-state index is 0.00530. The lowest BCUT2D eigenvalue weighted by molar-refractivity contribution is 0.0905. The predicted octanol–water partition coefficient (Wildman–Crippen LogP) is 0.778. The zero-order chi connectivity index (χ0) is 14.3. The van der Waals surface area contributed by atoms with Crippen molar-refractivity contribution in [3.63, 3.8) is 0 Å². The highest BCUT2D eigenvalue weighted by atomic mass is 32.2. The summed E-state index contributed by atoms with van der Waals surface area (Å²) in [5, 5.41) is 7.16. The number of nitrogens with one attached hydrogen (secondary N) is 1. The second-order valence-corrected chi connectivity index (χ2v) is 6.76. The van der Waals surface area contributed by atoms with Crippen LogP contribution < -0.4 is 5.73 Å². The van der Waals surface area contributed by atoms with E-state index in [2.05, 4.69) is 0 Å². The van der Waals surface area contributed by atoms with Crippen molar-refractivity contribution in [2.24, 2.45) is 5.73 Å². The van der Waals surface area contributed by atoms with E-state index in [-0.39, 0.29) is 43.3 Å². The molecule has 0 rings (SSSR count). The van der Waals surface area contributed by atoms with E-state index >= 15 is 0 Å². The van der Waals surface area contributed by atoms with E-state index in [1.54, 1.807) is 13.8 Å². The van der Waals surface area contributed by atoms with E-state index in [4.69, 9.17) is 15.9 Å². The fourth-order valence-electron chi connectivity index (χ4n) is 1.46. The smallest absolute Gasteiger partial charge is 0.216 e. The van der Waals surface area contributed by atoms with Gasteiger partial charge in [0.15, 0.2) is 0 Å². The monoisotopic (exact) mass is 279 g/mol. The van der Waals surface area contributed by atoms with Crippen molar-refractivity contribution in [2.45, 2.75) is 46.3 Å². The van der Waals surface area contributed by atoms with Crippen LogP contribution in [0.3, 0.4) is 0 Å². The van der Waals surface area contributed by atoms with Gasteiger partial charge in [-0.1, -0.05) is 0 Å². The third kappa shape index (κ3) is 6.93. The molecule has 0 unspecified atom stereocenters. The Kier molecular flexibility index (Phi) is 7.42. The summed E-state index contributed by atoms with van der Waals surface area (Å²) in [6.07, 6.45) is 0.271. The Balaban J connectivity index is 4.52. The van der Waals surface area contributed by atoms with Gasteiger partial charge in [0.2, 0.25) is 10.0 Å². The molecule has 0 amide bonds. The molecule has 0 aromatic carbocycles. The average molecular weight is 279 g/mol. The molecule has 7 heteroatoms. The van der Waals surface area contributed by atoms with Gasteiger partial charge in [0, 0.05) is 19.0 Å². The molecule has 0 spiro atoms. The van der Waals surface area contributed by atoms with Crippen molar-refractivity contribution < 1.29 is 13.2 Å². The van der Waals surface area contributed by atoms with Crippen molar-refractivity contribution in [1.82, 2.24) is 4.31 Å². The minimum atomic E-state index is -3.36. The molecule has 0 aromatic rings. The summed E-state index contributed by atoms with van der Waals surface area (Å²) in [6.45, 7) is 7.77. The maximum absolute atomic E-state index is 12.1. The number of nitrogens with zero attached hydrogens (tertiary/aromatic N) is 1. The lowest BCUT2D eigenvalue weighted by Crippen LogP contribution is -2.41. The van der Waals surface area contributed by atoms with E-state index in [0.717, 1.165) is 0 Å². The molecule has 0 aromatic heterocycles. The summed E-state index contributed by atoms with van der Waals surface area (Å²) in [4.78, 5) is 0.